The van der Waals surface area contributed by atoms with Crippen LogP contribution in [0.15, 0.2) is 24.3 Å². The number of allylic oxidation sites excluding steroid dienone is 2. The zero-order valence-corrected chi connectivity index (χ0v) is 10.3. The summed E-state index contributed by atoms with van der Waals surface area (Å²) in [6.45, 7) is 2.58. The molecule has 0 aliphatic carbocycles. The molecule has 0 aliphatic rings. The summed E-state index contributed by atoms with van der Waals surface area (Å²) in [4.78, 5) is 32.8. The van der Waals surface area contributed by atoms with Crippen molar-refractivity contribution in [2.75, 3.05) is 13.2 Å². The molecule has 0 aromatic carbocycles. The predicted molar refractivity (Wildman–Crippen MR) is 62.7 cm³/mol. The summed E-state index contributed by atoms with van der Waals surface area (Å²) in [6, 6.07) is 0. The maximum atomic E-state index is 11.0. The van der Waals surface area contributed by atoms with Gasteiger partial charge in [0.2, 0.25) is 0 Å². The first kappa shape index (κ1) is 15.9. The van der Waals surface area contributed by atoms with Crippen molar-refractivity contribution in [3.63, 3.8) is 0 Å². The van der Waals surface area contributed by atoms with Gasteiger partial charge in [-0.3, -0.25) is 4.79 Å². The van der Waals surface area contributed by atoms with Gasteiger partial charge in [-0.05, 0) is 13.8 Å². The molecule has 18 heavy (non-hydrogen) atoms. The monoisotopic (exact) mass is 256 g/mol. The van der Waals surface area contributed by atoms with Crippen molar-refractivity contribution in [1.29, 1.82) is 0 Å². The third-order valence-electron chi connectivity index (χ3n) is 1.81. The molecule has 1 N–H and O–H groups in total. The van der Waals surface area contributed by atoms with Crippen molar-refractivity contribution in [2.45, 2.75) is 13.8 Å². The molecule has 6 heteroatoms. The molecule has 0 rings (SSSR count). The number of carbonyl (C=O) groups is 3. The molecule has 0 bridgehead atoms. The summed E-state index contributed by atoms with van der Waals surface area (Å²) < 4.78 is 9.36. The summed E-state index contributed by atoms with van der Waals surface area (Å²) >= 11 is 0. The van der Waals surface area contributed by atoms with Crippen molar-refractivity contribution >= 4 is 17.9 Å². The summed E-state index contributed by atoms with van der Waals surface area (Å²) in [5.74, 6) is -3.54. The van der Waals surface area contributed by atoms with Crippen LogP contribution < -0.4 is 0 Å². The molecule has 0 spiro atoms. The Morgan fingerprint density at radius 3 is 1.67 bits per heavy atom. The average Bonchev–Trinajstić information content (AvgIpc) is 2.29. The topological polar surface area (TPSA) is 89.9 Å². The van der Waals surface area contributed by atoms with Gasteiger partial charge in [0.25, 0.3) is 0 Å². The minimum atomic E-state index is -1.20. The Morgan fingerprint density at radius 1 is 1.00 bits per heavy atom. The van der Waals surface area contributed by atoms with Crippen LogP contribution in [0.1, 0.15) is 13.8 Å². The summed E-state index contributed by atoms with van der Waals surface area (Å²) in [6.07, 6.45) is 5.30. The molecule has 0 fully saturated rings. The lowest BCUT2D eigenvalue weighted by atomic mass is 10.2. The fourth-order valence-electron chi connectivity index (χ4n) is 0.925. The minimum Gasteiger partial charge on any atom is -0.481 e. The molecule has 0 saturated heterocycles. The van der Waals surface area contributed by atoms with Gasteiger partial charge in [-0.25, -0.2) is 9.59 Å². The van der Waals surface area contributed by atoms with E-state index in [1.165, 1.54) is 24.3 Å². The second kappa shape index (κ2) is 8.98. The van der Waals surface area contributed by atoms with E-state index >= 15 is 0 Å². The molecule has 0 aromatic heterocycles. The van der Waals surface area contributed by atoms with Gasteiger partial charge in [-0.2, -0.15) is 0 Å². The van der Waals surface area contributed by atoms with E-state index in [2.05, 4.69) is 9.47 Å². The van der Waals surface area contributed by atoms with Gasteiger partial charge >= 0.3 is 17.9 Å². The Morgan fingerprint density at radius 2 is 1.39 bits per heavy atom. The third kappa shape index (κ3) is 7.21. The normalized spacial score (nSPS) is 12.6. The predicted octanol–water partition coefficient (Wildman–Crippen LogP) is 0.926. The van der Waals surface area contributed by atoms with Gasteiger partial charge in [0.15, 0.2) is 0 Å². The van der Waals surface area contributed by atoms with E-state index in [0.29, 0.717) is 0 Å². The van der Waals surface area contributed by atoms with Crippen molar-refractivity contribution in [2.24, 2.45) is 5.92 Å². The van der Waals surface area contributed by atoms with Gasteiger partial charge in [0.05, 0.1) is 0 Å². The lowest BCUT2D eigenvalue weighted by molar-refractivity contribution is -0.153. The highest BCUT2D eigenvalue weighted by molar-refractivity contribution is 5.83. The lowest BCUT2D eigenvalue weighted by Crippen LogP contribution is -2.27. The van der Waals surface area contributed by atoms with Crippen LogP contribution in [0.2, 0.25) is 0 Å². The highest BCUT2D eigenvalue weighted by atomic mass is 16.5. The largest absolute Gasteiger partial charge is 0.481 e. The van der Waals surface area contributed by atoms with E-state index in [-0.39, 0.29) is 13.2 Å². The maximum absolute atomic E-state index is 11.0. The average molecular weight is 256 g/mol. The van der Waals surface area contributed by atoms with E-state index in [0.717, 1.165) is 0 Å². The molecule has 0 amide bonds. The van der Waals surface area contributed by atoms with Gasteiger partial charge in [0.1, 0.15) is 19.1 Å². The van der Waals surface area contributed by atoms with Crippen molar-refractivity contribution in [3.8, 4) is 0 Å². The number of carboxylic acid groups (broad SMARTS) is 1. The number of esters is 2. The van der Waals surface area contributed by atoms with Gasteiger partial charge in [-0.15, -0.1) is 0 Å². The molecule has 0 aliphatic heterocycles. The van der Waals surface area contributed by atoms with Crippen LogP contribution in [0.25, 0.3) is 0 Å². The first-order chi connectivity index (χ1) is 8.51. The molecule has 0 saturated carbocycles. The number of carboxylic acids is 1. The summed E-state index contributed by atoms with van der Waals surface area (Å²) in [5, 5.41) is 8.84. The van der Waals surface area contributed by atoms with E-state index < -0.39 is 23.8 Å². The number of aliphatic carboxylic acids is 1. The van der Waals surface area contributed by atoms with Crippen LogP contribution in [-0.4, -0.2) is 36.2 Å². The molecule has 0 atom stereocenters. The van der Waals surface area contributed by atoms with E-state index in [1.54, 1.807) is 13.8 Å². The zero-order valence-electron chi connectivity index (χ0n) is 10.3. The number of hydrogen-bond acceptors (Lipinski definition) is 5. The first-order valence-electron chi connectivity index (χ1n) is 5.33. The fourth-order valence-corrected chi connectivity index (χ4v) is 0.925. The molecule has 0 heterocycles. The summed E-state index contributed by atoms with van der Waals surface area (Å²) in [7, 11) is 0. The molecule has 0 radical (unpaired) electrons. The van der Waals surface area contributed by atoms with Gasteiger partial charge in [0, 0.05) is 12.2 Å². The zero-order chi connectivity index (χ0) is 14.0. The number of hydrogen-bond donors (Lipinski definition) is 1. The SMILES string of the molecule is CC=CC(=O)OCC(COC(=O)C=CC)C(=O)O. The molecule has 6 nitrogen and oxygen atoms in total. The second-order valence-corrected chi connectivity index (χ2v) is 3.30. The van der Waals surface area contributed by atoms with E-state index in [4.69, 9.17) is 5.11 Å². The van der Waals surface area contributed by atoms with Crippen LogP contribution >= 0.6 is 0 Å². The Hall–Kier alpha value is -2.11. The number of rotatable bonds is 7. The van der Waals surface area contributed by atoms with Crippen LogP contribution in [0.5, 0.6) is 0 Å². The number of carbonyl (C=O) groups excluding carboxylic acids is 2. The Bertz CT molecular complexity index is 328. The Balaban J connectivity index is 4.20. The molecular weight excluding hydrogens is 240 g/mol. The first-order valence-corrected chi connectivity index (χ1v) is 5.33. The highest BCUT2D eigenvalue weighted by Crippen LogP contribution is 2.01. The van der Waals surface area contributed by atoms with Gasteiger partial charge in [-0.1, -0.05) is 12.2 Å². The highest BCUT2D eigenvalue weighted by Gasteiger charge is 2.21. The molecular formula is C12H16O6. The van der Waals surface area contributed by atoms with Crippen molar-refractivity contribution in [1.82, 2.24) is 0 Å². The fraction of sp³-hybridized carbons (Fsp3) is 0.417. The Labute approximate surface area is 105 Å². The van der Waals surface area contributed by atoms with Crippen LogP contribution in [0, 0.1) is 5.92 Å². The molecule has 0 unspecified atom stereocenters. The molecule has 100 valence electrons. The lowest BCUT2D eigenvalue weighted by Gasteiger charge is -2.11. The van der Waals surface area contributed by atoms with Crippen molar-refractivity contribution in [3.05, 3.63) is 24.3 Å². The van der Waals surface area contributed by atoms with Crippen LogP contribution in [-0.2, 0) is 23.9 Å². The van der Waals surface area contributed by atoms with Gasteiger partial charge < -0.3 is 14.6 Å². The summed E-state index contributed by atoms with van der Waals surface area (Å²) in [5.41, 5.74) is 0. The standard InChI is InChI=1S/C12H16O6/c1-3-5-10(13)17-7-9(12(15)16)8-18-11(14)6-4-2/h3-6,9H,7-8H2,1-2H3,(H,15,16). The molecule has 0 aromatic rings. The smallest absolute Gasteiger partial charge is 0.330 e. The Kier molecular flexibility index (Phi) is 7.92. The minimum absolute atomic E-state index is 0.346. The van der Waals surface area contributed by atoms with Crippen molar-refractivity contribution < 1.29 is 29.0 Å². The quantitative estimate of drug-likeness (QED) is 0.538. The number of ether oxygens (including phenoxy) is 2. The maximum Gasteiger partial charge on any atom is 0.330 e. The van der Waals surface area contributed by atoms with E-state index in [9.17, 15) is 14.4 Å². The van der Waals surface area contributed by atoms with Crippen LogP contribution in [0.4, 0.5) is 0 Å². The second-order valence-electron chi connectivity index (χ2n) is 3.30. The van der Waals surface area contributed by atoms with Crippen LogP contribution in [0.3, 0.4) is 0 Å². The van der Waals surface area contributed by atoms with E-state index in [1.807, 2.05) is 0 Å². The third-order valence-corrected chi connectivity index (χ3v) is 1.81.